The molecule has 2 aromatic heterocycles. The second-order valence-corrected chi connectivity index (χ2v) is 8.99. The second kappa shape index (κ2) is 10.1. The molecule has 0 aliphatic carbocycles. The molecule has 3 heterocycles. The van der Waals surface area contributed by atoms with Gasteiger partial charge < -0.3 is 19.9 Å². The number of aromatic nitrogens is 4. The largest absolute Gasteiger partial charge is 0.459 e. The summed E-state index contributed by atoms with van der Waals surface area (Å²) in [5.74, 6) is -1.61. The van der Waals surface area contributed by atoms with Crippen LogP contribution in [0.5, 0.6) is 0 Å². The average Bonchev–Trinajstić information content (AvgIpc) is 3.44. The lowest BCUT2D eigenvalue weighted by molar-refractivity contribution is -0.0570. The van der Waals surface area contributed by atoms with Gasteiger partial charge in [-0.1, -0.05) is 35.4 Å². The Balaban J connectivity index is 1.42. The Bertz CT molecular complexity index is 1550. The number of benzene rings is 2. The van der Waals surface area contributed by atoms with Gasteiger partial charge in [-0.3, -0.25) is 14.3 Å². The summed E-state index contributed by atoms with van der Waals surface area (Å²) < 4.78 is 33.9. The molecular weight excluding hydrogens is 497 g/mol. The highest BCUT2D eigenvalue weighted by Crippen LogP contribution is 2.36. The summed E-state index contributed by atoms with van der Waals surface area (Å²) in [6.07, 6.45) is -4.75. The molecule has 0 saturated carbocycles. The van der Waals surface area contributed by atoms with Crippen LogP contribution in [-0.2, 0) is 14.2 Å². The smallest absolute Gasteiger partial charge is 0.338 e. The summed E-state index contributed by atoms with van der Waals surface area (Å²) in [7, 11) is 0. The van der Waals surface area contributed by atoms with E-state index in [9.17, 15) is 14.4 Å². The van der Waals surface area contributed by atoms with Gasteiger partial charge in [-0.05, 0) is 38.1 Å². The minimum Gasteiger partial charge on any atom is -0.459 e. The number of aryl methyl sites for hydroxylation is 2. The standard InChI is InChI=1S/C26H24FN5O6/c1-13-3-7-15(8-4-13)24(34)36-11-17-20(38-25(35)16-9-5-14(2)6-10-16)18(27)23(37-17)32-12-29-19-21(32)30-26(28)31-22(19)33/h3-10,12,17-18,20,23H,11H2,1-2H3,(H3,28,30,31,33)/t17-,18+,20-,23-/m1/s1. The Kier molecular flexibility index (Phi) is 6.64. The molecule has 11 nitrogen and oxygen atoms in total. The van der Waals surface area contributed by atoms with Crippen LogP contribution in [0.1, 0.15) is 38.1 Å². The third-order valence-corrected chi connectivity index (χ3v) is 6.19. The number of nitrogens with one attached hydrogen (secondary N) is 1. The van der Waals surface area contributed by atoms with E-state index in [1.165, 1.54) is 10.9 Å². The molecule has 2 aromatic carbocycles. The van der Waals surface area contributed by atoms with Crippen molar-refractivity contribution in [2.24, 2.45) is 0 Å². The number of H-pyrrole nitrogens is 1. The first-order valence-corrected chi connectivity index (χ1v) is 11.7. The van der Waals surface area contributed by atoms with Crippen molar-refractivity contribution in [3.05, 3.63) is 87.5 Å². The molecule has 0 spiro atoms. The SMILES string of the molecule is Cc1ccc(C(=O)OC[C@H]2O[C@@H](n3cnc4c(=O)[nH]c(N)nc43)[C@@H](F)[C@@H]2OC(=O)c2ccc(C)cc2)cc1. The summed E-state index contributed by atoms with van der Waals surface area (Å²) in [6, 6.07) is 13.3. The Labute approximate surface area is 215 Å². The summed E-state index contributed by atoms with van der Waals surface area (Å²) in [5, 5.41) is 0. The number of ether oxygens (including phenoxy) is 3. The second-order valence-electron chi connectivity index (χ2n) is 8.99. The van der Waals surface area contributed by atoms with Gasteiger partial charge in [0.25, 0.3) is 5.56 Å². The Morgan fingerprint density at radius 3 is 2.29 bits per heavy atom. The highest BCUT2D eigenvalue weighted by molar-refractivity contribution is 5.90. The van der Waals surface area contributed by atoms with E-state index in [2.05, 4.69) is 15.0 Å². The first kappa shape index (κ1) is 25.1. The van der Waals surface area contributed by atoms with E-state index in [4.69, 9.17) is 19.9 Å². The number of carbonyl (C=O) groups excluding carboxylic acids is 2. The number of fused-ring (bicyclic) bond motifs is 1. The van der Waals surface area contributed by atoms with Crippen LogP contribution in [0.15, 0.2) is 59.7 Å². The number of hydrogen-bond donors (Lipinski definition) is 2. The predicted octanol–water partition coefficient (Wildman–Crippen LogP) is 2.64. The van der Waals surface area contributed by atoms with Crippen molar-refractivity contribution in [2.75, 3.05) is 12.3 Å². The Hall–Kier alpha value is -4.58. The molecule has 0 bridgehead atoms. The molecule has 1 aliphatic rings. The fraction of sp³-hybridized carbons (Fsp3) is 0.269. The molecule has 12 heteroatoms. The van der Waals surface area contributed by atoms with Crippen LogP contribution in [0.3, 0.4) is 0 Å². The van der Waals surface area contributed by atoms with Gasteiger partial charge in [0, 0.05) is 0 Å². The number of carbonyl (C=O) groups is 2. The van der Waals surface area contributed by atoms with Gasteiger partial charge in [0.05, 0.1) is 17.5 Å². The van der Waals surface area contributed by atoms with Gasteiger partial charge in [0.15, 0.2) is 29.7 Å². The van der Waals surface area contributed by atoms with Crippen molar-refractivity contribution in [3.8, 4) is 0 Å². The van der Waals surface area contributed by atoms with E-state index in [-0.39, 0.29) is 22.7 Å². The number of esters is 2. The molecule has 4 atom stereocenters. The molecule has 0 radical (unpaired) electrons. The minimum atomic E-state index is -1.92. The summed E-state index contributed by atoms with van der Waals surface area (Å²) in [5.41, 5.74) is 7.38. The van der Waals surface area contributed by atoms with Crippen LogP contribution in [0, 0.1) is 13.8 Å². The summed E-state index contributed by atoms with van der Waals surface area (Å²) >= 11 is 0. The maximum atomic E-state index is 15.9. The number of nitrogens with zero attached hydrogens (tertiary/aromatic N) is 3. The molecule has 1 fully saturated rings. The van der Waals surface area contributed by atoms with Crippen LogP contribution in [0.4, 0.5) is 10.3 Å². The first-order valence-electron chi connectivity index (χ1n) is 11.7. The Morgan fingerprint density at radius 1 is 1.05 bits per heavy atom. The van der Waals surface area contributed by atoms with Gasteiger partial charge in [0.1, 0.15) is 12.7 Å². The maximum Gasteiger partial charge on any atom is 0.338 e. The van der Waals surface area contributed by atoms with Gasteiger partial charge >= 0.3 is 11.9 Å². The van der Waals surface area contributed by atoms with Crippen molar-refractivity contribution in [1.82, 2.24) is 19.5 Å². The number of rotatable bonds is 6. The lowest BCUT2D eigenvalue weighted by Gasteiger charge is -2.19. The summed E-state index contributed by atoms with van der Waals surface area (Å²) in [4.78, 5) is 48.0. The Morgan fingerprint density at radius 2 is 1.66 bits per heavy atom. The lowest BCUT2D eigenvalue weighted by Crippen LogP contribution is -2.37. The third-order valence-electron chi connectivity index (χ3n) is 6.19. The zero-order valence-electron chi connectivity index (χ0n) is 20.5. The zero-order chi connectivity index (χ0) is 27.0. The number of imidazole rings is 1. The van der Waals surface area contributed by atoms with Crippen molar-refractivity contribution in [3.63, 3.8) is 0 Å². The normalized spacial score (nSPS) is 20.9. The molecule has 5 rings (SSSR count). The van der Waals surface area contributed by atoms with E-state index in [1.807, 2.05) is 13.8 Å². The van der Waals surface area contributed by atoms with Crippen molar-refractivity contribution in [2.45, 2.75) is 38.5 Å². The number of anilines is 1. The highest BCUT2D eigenvalue weighted by Gasteiger charge is 2.50. The highest BCUT2D eigenvalue weighted by atomic mass is 19.1. The van der Waals surface area contributed by atoms with Crippen LogP contribution < -0.4 is 11.3 Å². The third kappa shape index (κ3) is 4.85. The number of nitrogens with two attached hydrogens (primary N) is 1. The number of alkyl halides is 1. The van der Waals surface area contributed by atoms with Crippen molar-refractivity contribution in [1.29, 1.82) is 0 Å². The van der Waals surface area contributed by atoms with Gasteiger partial charge in [0.2, 0.25) is 5.95 Å². The van der Waals surface area contributed by atoms with E-state index in [0.29, 0.717) is 5.56 Å². The molecule has 1 aliphatic heterocycles. The molecule has 0 amide bonds. The molecule has 4 aromatic rings. The molecule has 196 valence electrons. The fourth-order valence-electron chi connectivity index (χ4n) is 4.13. The fourth-order valence-corrected chi connectivity index (χ4v) is 4.13. The van der Waals surface area contributed by atoms with Crippen LogP contribution in [0.25, 0.3) is 11.2 Å². The molecule has 1 saturated heterocycles. The number of halogens is 1. The van der Waals surface area contributed by atoms with E-state index < -0.39 is 48.7 Å². The van der Waals surface area contributed by atoms with Crippen LogP contribution in [0.2, 0.25) is 0 Å². The quantitative estimate of drug-likeness (QED) is 0.365. The topological polar surface area (TPSA) is 151 Å². The van der Waals surface area contributed by atoms with Gasteiger partial charge in [-0.15, -0.1) is 0 Å². The average molecular weight is 522 g/mol. The van der Waals surface area contributed by atoms with E-state index in [1.54, 1.807) is 48.5 Å². The van der Waals surface area contributed by atoms with Gasteiger partial charge in [-0.25, -0.2) is 19.0 Å². The molecule has 3 N–H and O–H groups in total. The van der Waals surface area contributed by atoms with E-state index in [0.717, 1.165) is 11.1 Å². The monoisotopic (exact) mass is 521 g/mol. The van der Waals surface area contributed by atoms with Crippen molar-refractivity contribution < 1.29 is 28.2 Å². The molecule has 0 unspecified atom stereocenters. The predicted molar refractivity (Wildman–Crippen MR) is 133 cm³/mol. The van der Waals surface area contributed by atoms with Crippen molar-refractivity contribution >= 4 is 29.1 Å². The number of nitrogen functional groups attached to an aromatic ring is 1. The number of aromatic amines is 1. The number of hydrogen-bond acceptors (Lipinski definition) is 9. The molecule has 38 heavy (non-hydrogen) atoms. The first-order chi connectivity index (χ1) is 18.2. The van der Waals surface area contributed by atoms with Gasteiger partial charge in [-0.2, -0.15) is 4.98 Å². The van der Waals surface area contributed by atoms with Crippen LogP contribution in [-0.4, -0.2) is 56.4 Å². The maximum absolute atomic E-state index is 15.9. The lowest BCUT2D eigenvalue weighted by atomic mass is 10.1. The van der Waals surface area contributed by atoms with Crippen LogP contribution >= 0.6 is 0 Å². The van der Waals surface area contributed by atoms with E-state index >= 15 is 4.39 Å². The molecular formula is C26H24FN5O6. The minimum absolute atomic E-state index is 0.0141. The zero-order valence-corrected chi connectivity index (χ0v) is 20.5. The summed E-state index contributed by atoms with van der Waals surface area (Å²) in [6.45, 7) is 3.34.